The van der Waals surface area contributed by atoms with E-state index in [0.29, 0.717) is 13.2 Å². The SMILES string of the molecule is O=S(=O)(NCc1cccc(COCc2ccco2)c1)c1ccccc1F. The van der Waals surface area contributed by atoms with Crippen LogP contribution in [0.4, 0.5) is 4.39 Å². The monoisotopic (exact) mass is 375 g/mol. The molecule has 0 atom stereocenters. The van der Waals surface area contributed by atoms with E-state index in [1.54, 1.807) is 18.4 Å². The van der Waals surface area contributed by atoms with Crippen molar-refractivity contribution < 1.29 is 22.0 Å². The first-order valence-electron chi connectivity index (χ1n) is 7.97. The molecule has 0 unspecified atom stereocenters. The molecule has 0 bridgehead atoms. The highest BCUT2D eigenvalue weighted by molar-refractivity contribution is 7.89. The van der Waals surface area contributed by atoms with E-state index in [9.17, 15) is 12.8 Å². The molecule has 1 heterocycles. The summed E-state index contributed by atoms with van der Waals surface area (Å²) in [6.07, 6.45) is 1.58. The van der Waals surface area contributed by atoms with E-state index < -0.39 is 15.8 Å². The van der Waals surface area contributed by atoms with Gasteiger partial charge in [0, 0.05) is 6.54 Å². The maximum atomic E-state index is 13.7. The van der Waals surface area contributed by atoms with E-state index in [2.05, 4.69) is 4.72 Å². The minimum Gasteiger partial charge on any atom is -0.467 e. The Labute approximate surface area is 151 Å². The first kappa shape index (κ1) is 18.3. The molecule has 0 aliphatic heterocycles. The average molecular weight is 375 g/mol. The van der Waals surface area contributed by atoms with E-state index in [1.165, 1.54) is 18.2 Å². The summed E-state index contributed by atoms with van der Waals surface area (Å²) >= 11 is 0. The summed E-state index contributed by atoms with van der Waals surface area (Å²) in [5.41, 5.74) is 1.66. The molecular weight excluding hydrogens is 357 g/mol. The fourth-order valence-electron chi connectivity index (χ4n) is 2.41. The second-order valence-corrected chi connectivity index (χ2v) is 7.38. The maximum Gasteiger partial charge on any atom is 0.243 e. The molecule has 0 radical (unpaired) electrons. The van der Waals surface area contributed by atoms with Gasteiger partial charge in [0.2, 0.25) is 10.0 Å². The van der Waals surface area contributed by atoms with Crippen molar-refractivity contribution in [3.05, 3.63) is 89.6 Å². The van der Waals surface area contributed by atoms with Crippen LogP contribution in [0.3, 0.4) is 0 Å². The van der Waals surface area contributed by atoms with Crippen LogP contribution >= 0.6 is 0 Å². The molecule has 2 aromatic carbocycles. The van der Waals surface area contributed by atoms with Crippen LogP contribution in [0.1, 0.15) is 16.9 Å². The van der Waals surface area contributed by atoms with Gasteiger partial charge in [-0.3, -0.25) is 0 Å². The molecule has 26 heavy (non-hydrogen) atoms. The number of benzene rings is 2. The van der Waals surface area contributed by atoms with Gasteiger partial charge in [0.1, 0.15) is 23.1 Å². The predicted octanol–water partition coefficient (Wildman–Crippen LogP) is 3.61. The fourth-order valence-corrected chi connectivity index (χ4v) is 3.51. The van der Waals surface area contributed by atoms with Gasteiger partial charge in [-0.1, -0.05) is 36.4 Å². The minimum absolute atomic E-state index is 0.0582. The number of furan rings is 1. The molecule has 1 N–H and O–H groups in total. The largest absolute Gasteiger partial charge is 0.467 e. The Morgan fingerprint density at radius 1 is 0.962 bits per heavy atom. The molecule has 3 aromatic rings. The highest BCUT2D eigenvalue weighted by Gasteiger charge is 2.17. The van der Waals surface area contributed by atoms with Crippen LogP contribution in [-0.4, -0.2) is 8.42 Å². The number of nitrogens with one attached hydrogen (secondary N) is 1. The fraction of sp³-hybridized carbons (Fsp3) is 0.158. The number of sulfonamides is 1. The summed E-state index contributed by atoms with van der Waals surface area (Å²) in [4.78, 5) is -0.363. The van der Waals surface area contributed by atoms with Gasteiger partial charge < -0.3 is 9.15 Å². The summed E-state index contributed by atoms with van der Waals surface area (Å²) in [6.45, 7) is 0.786. The lowest BCUT2D eigenvalue weighted by molar-refractivity contribution is 0.0929. The molecular formula is C19H18FNO4S. The summed E-state index contributed by atoms with van der Waals surface area (Å²) < 4.78 is 51.3. The van der Waals surface area contributed by atoms with Gasteiger partial charge >= 0.3 is 0 Å². The van der Waals surface area contributed by atoms with Crippen LogP contribution in [0.5, 0.6) is 0 Å². The Kier molecular flexibility index (Phi) is 5.82. The van der Waals surface area contributed by atoms with Crippen molar-refractivity contribution in [3.8, 4) is 0 Å². The van der Waals surface area contributed by atoms with E-state index in [-0.39, 0.29) is 11.4 Å². The number of halogens is 1. The molecule has 0 fully saturated rings. The van der Waals surface area contributed by atoms with Crippen LogP contribution in [0, 0.1) is 5.82 Å². The minimum atomic E-state index is -3.92. The number of ether oxygens (including phenoxy) is 1. The van der Waals surface area contributed by atoms with E-state index in [4.69, 9.17) is 9.15 Å². The first-order chi connectivity index (χ1) is 12.5. The van der Waals surface area contributed by atoms with Gasteiger partial charge in [0.05, 0.1) is 12.9 Å². The summed E-state index contributed by atoms with van der Waals surface area (Å²) in [6, 6.07) is 16.2. The van der Waals surface area contributed by atoms with E-state index in [1.807, 2.05) is 24.3 Å². The molecule has 7 heteroatoms. The first-order valence-corrected chi connectivity index (χ1v) is 9.45. The third-order valence-corrected chi connectivity index (χ3v) is 5.11. The van der Waals surface area contributed by atoms with Crippen molar-refractivity contribution >= 4 is 10.0 Å². The second kappa shape index (κ2) is 8.27. The van der Waals surface area contributed by atoms with E-state index in [0.717, 1.165) is 23.0 Å². The lowest BCUT2D eigenvalue weighted by Crippen LogP contribution is -2.24. The zero-order valence-electron chi connectivity index (χ0n) is 13.9. The van der Waals surface area contributed by atoms with Crippen molar-refractivity contribution in [3.63, 3.8) is 0 Å². The maximum absolute atomic E-state index is 13.7. The number of hydrogen-bond donors (Lipinski definition) is 1. The molecule has 0 saturated carbocycles. The smallest absolute Gasteiger partial charge is 0.243 e. The molecule has 5 nitrogen and oxygen atoms in total. The van der Waals surface area contributed by atoms with Crippen molar-refractivity contribution in [2.24, 2.45) is 0 Å². The molecule has 136 valence electrons. The van der Waals surface area contributed by atoms with Crippen molar-refractivity contribution in [2.75, 3.05) is 0 Å². The van der Waals surface area contributed by atoms with Gasteiger partial charge in [-0.2, -0.15) is 0 Å². The van der Waals surface area contributed by atoms with Gasteiger partial charge in [-0.05, 0) is 35.4 Å². The number of rotatable bonds is 8. The lowest BCUT2D eigenvalue weighted by atomic mass is 10.1. The Bertz CT molecular complexity index is 955. The third-order valence-electron chi connectivity index (χ3n) is 3.68. The zero-order chi connectivity index (χ0) is 18.4. The van der Waals surface area contributed by atoms with Crippen LogP contribution in [0.25, 0.3) is 0 Å². The highest BCUT2D eigenvalue weighted by Crippen LogP contribution is 2.14. The summed E-state index contributed by atoms with van der Waals surface area (Å²) in [5.74, 6) is -0.0427. The Morgan fingerprint density at radius 2 is 1.77 bits per heavy atom. The quantitative estimate of drug-likeness (QED) is 0.653. The van der Waals surface area contributed by atoms with Crippen molar-refractivity contribution in [1.29, 1.82) is 0 Å². The molecule has 3 rings (SSSR count). The molecule has 0 aliphatic rings. The second-order valence-electron chi connectivity index (χ2n) is 5.65. The normalized spacial score (nSPS) is 11.6. The molecule has 0 amide bonds. The highest BCUT2D eigenvalue weighted by atomic mass is 32.2. The van der Waals surface area contributed by atoms with Crippen molar-refractivity contribution in [2.45, 2.75) is 24.7 Å². The summed E-state index contributed by atoms with van der Waals surface area (Å²) in [5, 5.41) is 0. The Hall–Kier alpha value is -2.48. The van der Waals surface area contributed by atoms with Crippen molar-refractivity contribution in [1.82, 2.24) is 4.72 Å². The van der Waals surface area contributed by atoms with Crippen LogP contribution in [-0.2, 0) is 34.5 Å². The zero-order valence-corrected chi connectivity index (χ0v) is 14.7. The van der Waals surface area contributed by atoms with Gasteiger partial charge in [-0.15, -0.1) is 0 Å². The Morgan fingerprint density at radius 3 is 2.54 bits per heavy atom. The van der Waals surface area contributed by atoms with Gasteiger partial charge in [0.25, 0.3) is 0 Å². The lowest BCUT2D eigenvalue weighted by Gasteiger charge is -2.09. The molecule has 1 aromatic heterocycles. The topological polar surface area (TPSA) is 68.5 Å². The molecule has 0 saturated heterocycles. The van der Waals surface area contributed by atoms with Crippen LogP contribution in [0.15, 0.2) is 76.2 Å². The van der Waals surface area contributed by atoms with Gasteiger partial charge in [-0.25, -0.2) is 17.5 Å². The average Bonchev–Trinajstić information content (AvgIpc) is 3.14. The predicted molar refractivity (Wildman–Crippen MR) is 94.1 cm³/mol. The number of hydrogen-bond acceptors (Lipinski definition) is 4. The third kappa shape index (κ3) is 4.78. The van der Waals surface area contributed by atoms with E-state index >= 15 is 0 Å². The molecule has 0 spiro atoms. The van der Waals surface area contributed by atoms with Crippen LogP contribution in [0.2, 0.25) is 0 Å². The standard InChI is InChI=1S/C19H18FNO4S/c20-18-8-1-2-9-19(18)26(22,23)21-12-15-5-3-6-16(11-15)13-24-14-17-7-4-10-25-17/h1-11,21H,12-14H2. The molecule has 0 aliphatic carbocycles. The summed E-state index contributed by atoms with van der Waals surface area (Å²) in [7, 11) is -3.92. The van der Waals surface area contributed by atoms with Gasteiger partial charge in [0.15, 0.2) is 0 Å². The van der Waals surface area contributed by atoms with Crippen LogP contribution < -0.4 is 4.72 Å². The Balaban J connectivity index is 1.59.